The Hall–Kier alpha value is -1.66. The Morgan fingerprint density at radius 1 is 1.43 bits per heavy atom. The van der Waals surface area contributed by atoms with E-state index < -0.39 is 0 Å². The van der Waals surface area contributed by atoms with Crippen LogP contribution in [0.4, 0.5) is 0 Å². The van der Waals surface area contributed by atoms with Gasteiger partial charge in [-0.1, -0.05) is 12.1 Å². The van der Waals surface area contributed by atoms with E-state index in [4.69, 9.17) is 8.94 Å². The second kappa shape index (κ2) is 5.27. The van der Waals surface area contributed by atoms with Crippen molar-refractivity contribution in [3.05, 3.63) is 24.2 Å². The molecule has 0 spiro atoms. The molecule has 0 radical (unpaired) electrons. The molecule has 2 aliphatic rings. The Kier molecular flexibility index (Phi) is 3.27. The molecule has 0 bridgehead atoms. The Morgan fingerprint density at radius 3 is 3.19 bits per heavy atom. The van der Waals surface area contributed by atoms with Crippen molar-refractivity contribution in [2.45, 2.75) is 25.9 Å². The number of fused-ring (bicyclic) bond motifs is 1. The van der Waals surface area contributed by atoms with Gasteiger partial charge in [-0.3, -0.25) is 4.90 Å². The topological polar surface area (TPSA) is 67.3 Å². The second-order valence-electron chi connectivity index (χ2n) is 5.98. The van der Waals surface area contributed by atoms with Crippen LogP contribution in [-0.4, -0.2) is 40.7 Å². The summed E-state index contributed by atoms with van der Waals surface area (Å²) in [4.78, 5) is 6.96. The molecular weight excluding hydrogens is 268 g/mol. The van der Waals surface area contributed by atoms with E-state index in [0.29, 0.717) is 17.7 Å². The van der Waals surface area contributed by atoms with E-state index in [0.717, 1.165) is 43.8 Å². The summed E-state index contributed by atoms with van der Waals surface area (Å²) in [7, 11) is 0. The predicted octanol–water partition coefficient (Wildman–Crippen LogP) is 1.76. The summed E-state index contributed by atoms with van der Waals surface area (Å²) in [5.74, 6) is 3.37. The highest BCUT2D eigenvalue weighted by molar-refractivity contribution is 5.42. The van der Waals surface area contributed by atoms with Gasteiger partial charge in [-0.05, 0) is 43.5 Å². The van der Waals surface area contributed by atoms with E-state index in [1.54, 1.807) is 6.26 Å². The van der Waals surface area contributed by atoms with Crippen LogP contribution in [-0.2, 0) is 6.54 Å². The van der Waals surface area contributed by atoms with Gasteiger partial charge in [-0.25, -0.2) is 0 Å². The van der Waals surface area contributed by atoms with E-state index in [9.17, 15) is 0 Å². The lowest BCUT2D eigenvalue weighted by molar-refractivity contribution is 0.203. The van der Waals surface area contributed by atoms with Crippen LogP contribution in [0.5, 0.6) is 0 Å². The third-order valence-electron chi connectivity index (χ3n) is 4.79. The molecule has 4 rings (SSSR count). The van der Waals surface area contributed by atoms with Crippen molar-refractivity contribution in [1.82, 2.24) is 20.4 Å². The molecule has 2 aliphatic heterocycles. The highest BCUT2D eigenvalue weighted by Crippen LogP contribution is 2.35. The van der Waals surface area contributed by atoms with Crippen LogP contribution in [0.2, 0.25) is 0 Å². The summed E-state index contributed by atoms with van der Waals surface area (Å²) in [5.41, 5.74) is 0. The van der Waals surface area contributed by atoms with Gasteiger partial charge >= 0.3 is 0 Å². The van der Waals surface area contributed by atoms with Gasteiger partial charge in [0.1, 0.15) is 0 Å². The molecule has 0 saturated carbocycles. The molecule has 3 atom stereocenters. The van der Waals surface area contributed by atoms with Crippen LogP contribution in [0.1, 0.15) is 19.2 Å². The van der Waals surface area contributed by atoms with E-state index in [-0.39, 0.29) is 0 Å². The summed E-state index contributed by atoms with van der Waals surface area (Å²) in [6, 6.07) is 4.27. The first-order chi connectivity index (χ1) is 10.3. The maximum atomic E-state index is 5.29. The smallest absolute Gasteiger partial charge is 0.293 e. The normalized spacial score (nSPS) is 29.1. The maximum Gasteiger partial charge on any atom is 0.293 e. The van der Waals surface area contributed by atoms with E-state index in [2.05, 4.69) is 27.3 Å². The number of nitrogens with one attached hydrogen (secondary N) is 1. The summed E-state index contributed by atoms with van der Waals surface area (Å²) >= 11 is 0. The Balaban J connectivity index is 1.48. The molecule has 21 heavy (non-hydrogen) atoms. The first-order valence-corrected chi connectivity index (χ1v) is 7.66. The van der Waals surface area contributed by atoms with Gasteiger partial charge in [0.15, 0.2) is 11.6 Å². The third-order valence-corrected chi connectivity index (χ3v) is 4.79. The van der Waals surface area contributed by atoms with Gasteiger partial charge in [-0.15, -0.1) is 0 Å². The van der Waals surface area contributed by atoms with Crippen molar-refractivity contribution in [1.29, 1.82) is 0 Å². The van der Waals surface area contributed by atoms with Crippen molar-refractivity contribution in [2.24, 2.45) is 11.8 Å². The van der Waals surface area contributed by atoms with Crippen LogP contribution in [0.15, 0.2) is 27.3 Å². The molecule has 6 heteroatoms. The fourth-order valence-corrected chi connectivity index (χ4v) is 3.85. The first-order valence-electron chi connectivity index (χ1n) is 7.66. The van der Waals surface area contributed by atoms with Crippen LogP contribution < -0.4 is 5.32 Å². The minimum absolute atomic E-state index is 0.462. The van der Waals surface area contributed by atoms with Gasteiger partial charge < -0.3 is 14.3 Å². The number of hydrogen-bond donors (Lipinski definition) is 1. The number of aromatic nitrogens is 2. The Bertz CT molecular complexity index is 595. The highest BCUT2D eigenvalue weighted by Gasteiger charge is 2.43. The molecule has 2 aromatic heterocycles. The summed E-state index contributed by atoms with van der Waals surface area (Å²) < 4.78 is 10.6. The average molecular weight is 288 g/mol. The lowest BCUT2D eigenvalue weighted by atomic mass is 9.93. The maximum absolute atomic E-state index is 5.29. The zero-order valence-corrected chi connectivity index (χ0v) is 12.2. The Morgan fingerprint density at radius 2 is 2.38 bits per heavy atom. The lowest BCUT2D eigenvalue weighted by Gasteiger charge is -2.25. The minimum atomic E-state index is 0.462. The van der Waals surface area contributed by atoms with Gasteiger partial charge in [0.05, 0.1) is 12.8 Å². The average Bonchev–Trinajstić information content (AvgIpc) is 3.23. The molecule has 2 fully saturated rings. The standard InChI is InChI=1S/C15H20N4O2/c1-2-12-11-7-16-6-10(11)8-19(12)9-14-17-15(21-18-14)13-4-3-5-20-13/h3-5,10-12,16H,2,6-9H2,1H3. The molecule has 1 N–H and O–H groups in total. The SMILES string of the molecule is CCC1C2CNCC2CN1Cc1noc(-c2ccco2)n1. The summed E-state index contributed by atoms with van der Waals surface area (Å²) in [6.45, 7) is 6.44. The Labute approximate surface area is 123 Å². The molecular formula is C15H20N4O2. The number of likely N-dealkylation sites (tertiary alicyclic amines) is 1. The molecule has 0 amide bonds. The van der Waals surface area contributed by atoms with Crippen LogP contribution in [0, 0.1) is 11.8 Å². The molecule has 112 valence electrons. The van der Waals surface area contributed by atoms with Gasteiger partial charge in [0, 0.05) is 12.6 Å². The predicted molar refractivity (Wildman–Crippen MR) is 76.3 cm³/mol. The zero-order chi connectivity index (χ0) is 14.2. The summed E-state index contributed by atoms with van der Waals surface area (Å²) in [5, 5.41) is 7.60. The van der Waals surface area contributed by atoms with Gasteiger partial charge in [-0.2, -0.15) is 4.98 Å². The van der Waals surface area contributed by atoms with Crippen LogP contribution in [0.3, 0.4) is 0 Å². The number of nitrogens with zero attached hydrogens (tertiary/aromatic N) is 3. The molecule has 3 unspecified atom stereocenters. The lowest BCUT2D eigenvalue weighted by Crippen LogP contribution is -2.34. The quantitative estimate of drug-likeness (QED) is 0.924. The van der Waals surface area contributed by atoms with Crippen molar-refractivity contribution < 1.29 is 8.94 Å². The molecule has 0 aliphatic carbocycles. The van der Waals surface area contributed by atoms with Crippen molar-refractivity contribution >= 4 is 0 Å². The van der Waals surface area contributed by atoms with Crippen LogP contribution in [0.25, 0.3) is 11.7 Å². The van der Waals surface area contributed by atoms with Gasteiger partial charge in [0.2, 0.25) is 0 Å². The van der Waals surface area contributed by atoms with Crippen molar-refractivity contribution in [2.75, 3.05) is 19.6 Å². The second-order valence-corrected chi connectivity index (χ2v) is 5.98. The van der Waals surface area contributed by atoms with E-state index >= 15 is 0 Å². The number of rotatable bonds is 4. The number of furan rings is 1. The third kappa shape index (κ3) is 2.28. The highest BCUT2D eigenvalue weighted by atomic mass is 16.5. The first kappa shape index (κ1) is 13.0. The monoisotopic (exact) mass is 288 g/mol. The van der Waals surface area contributed by atoms with E-state index in [1.807, 2.05) is 12.1 Å². The summed E-state index contributed by atoms with van der Waals surface area (Å²) in [6.07, 6.45) is 2.78. The fraction of sp³-hybridized carbons (Fsp3) is 0.600. The molecule has 6 nitrogen and oxygen atoms in total. The largest absolute Gasteiger partial charge is 0.459 e. The minimum Gasteiger partial charge on any atom is -0.459 e. The van der Waals surface area contributed by atoms with E-state index in [1.165, 1.54) is 6.42 Å². The fourth-order valence-electron chi connectivity index (χ4n) is 3.85. The number of hydrogen-bond acceptors (Lipinski definition) is 6. The zero-order valence-electron chi connectivity index (χ0n) is 12.2. The van der Waals surface area contributed by atoms with Crippen molar-refractivity contribution in [3.8, 4) is 11.7 Å². The van der Waals surface area contributed by atoms with Gasteiger partial charge in [0.25, 0.3) is 5.89 Å². The molecule has 0 aromatic carbocycles. The molecule has 2 saturated heterocycles. The van der Waals surface area contributed by atoms with Crippen molar-refractivity contribution in [3.63, 3.8) is 0 Å². The molecule has 4 heterocycles. The molecule has 2 aromatic rings. The van der Waals surface area contributed by atoms with Crippen LogP contribution >= 0.6 is 0 Å².